The van der Waals surface area contributed by atoms with Crippen molar-refractivity contribution < 1.29 is 4.39 Å². The predicted octanol–water partition coefficient (Wildman–Crippen LogP) is 4.28. The molecule has 2 aromatic carbocycles. The molecule has 134 valence electrons. The Morgan fingerprint density at radius 1 is 1.15 bits per heavy atom. The summed E-state index contributed by atoms with van der Waals surface area (Å²) in [5.74, 6) is 0.129. The average Bonchev–Trinajstić information content (AvgIpc) is 3.11. The number of para-hydroxylation sites is 1. The molecule has 0 aliphatic rings. The van der Waals surface area contributed by atoms with Gasteiger partial charge in [-0.25, -0.2) is 9.37 Å². The summed E-state index contributed by atoms with van der Waals surface area (Å²) in [6.07, 6.45) is 3.26. The number of nitrogens with zero attached hydrogens (tertiary/aromatic N) is 4. The topological polar surface area (TPSA) is 52.2 Å². The third-order valence-electron chi connectivity index (χ3n) is 4.17. The molecule has 2 aromatic heterocycles. The van der Waals surface area contributed by atoms with Crippen molar-refractivity contribution in [1.82, 2.24) is 14.2 Å². The van der Waals surface area contributed by atoms with E-state index in [1.54, 1.807) is 60.2 Å². The Morgan fingerprint density at radius 2 is 1.96 bits per heavy atom. The second-order valence-corrected chi connectivity index (χ2v) is 6.85. The van der Waals surface area contributed by atoms with Gasteiger partial charge in [0.05, 0.1) is 28.5 Å². The Hall–Kier alpha value is -3.06. The molecule has 4 aromatic rings. The van der Waals surface area contributed by atoms with Crippen LogP contribution in [0.2, 0.25) is 0 Å². The minimum Gasteiger partial charge on any atom is -0.313 e. The molecule has 27 heavy (non-hydrogen) atoms. The Bertz CT molecular complexity index is 1240. The summed E-state index contributed by atoms with van der Waals surface area (Å²) < 4.78 is 17.8. The number of hydrogen-bond donors (Lipinski definition) is 0. The standard InChI is InChI=1S/C20H14BrFN4O/c1-13-24-18-9-8-14(21)11-16(18)20(27)26(13)23-12-15-5-4-10-25(15)19-7-3-2-6-17(19)22/h2-12H,1H3. The first-order chi connectivity index (χ1) is 13.0. The van der Waals surface area contributed by atoms with Crippen molar-refractivity contribution in [3.8, 4) is 5.69 Å². The Labute approximate surface area is 162 Å². The summed E-state index contributed by atoms with van der Waals surface area (Å²) in [5.41, 5.74) is 1.40. The Morgan fingerprint density at radius 3 is 2.78 bits per heavy atom. The van der Waals surface area contributed by atoms with Crippen molar-refractivity contribution >= 4 is 33.0 Å². The maximum Gasteiger partial charge on any atom is 0.282 e. The molecule has 0 saturated carbocycles. The van der Waals surface area contributed by atoms with Gasteiger partial charge in [-0.15, -0.1) is 0 Å². The lowest BCUT2D eigenvalue weighted by atomic mass is 10.2. The molecule has 0 N–H and O–H groups in total. The van der Waals surface area contributed by atoms with Gasteiger partial charge >= 0.3 is 0 Å². The molecular formula is C20H14BrFN4O. The van der Waals surface area contributed by atoms with Crippen LogP contribution in [-0.2, 0) is 0 Å². The monoisotopic (exact) mass is 424 g/mol. The van der Waals surface area contributed by atoms with Crippen LogP contribution < -0.4 is 5.56 Å². The van der Waals surface area contributed by atoms with E-state index >= 15 is 0 Å². The first-order valence-corrected chi connectivity index (χ1v) is 8.99. The lowest BCUT2D eigenvalue weighted by molar-refractivity contribution is 0.618. The first kappa shape index (κ1) is 17.4. The smallest absolute Gasteiger partial charge is 0.282 e. The van der Waals surface area contributed by atoms with Gasteiger partial charge in [0.25, 0.3) is 5.56 Å². The maximum atomic E-state index is 14.1. The van der Waals surface area contributed by atoms with E-state index in [9.17, 15) is 9.18 Å². The molecule has 0 aliphatic heterocycles. The van der Waals surface area contributed by atoms with Crippen LogP contribution in [0.3, 0.4) is 0 Å². The SMILES string of the molecule is Cc1nc2ccc(Br)cc2c(=O)n1N=Cc1cccn1-c1ccccc1F. The van der Waals surface area contributed by atoms with E-state index < -0.39 is 0 Å². The molecule has 0 amide bonds. The molecule has 4 rings (SSSR count). The molecule has 0 aliphatic carbocycles. The zero-order valence-corrected chi connectivity index (χ0v) is 15.9. The van der Waals surface area contributed by atoms with Gasteiger partial charge in [-0.1, -0.05) is 28.1 Å². The molecule has 5 nitrogen and oxygen atoms in total. The van der Waals surface area contributed by atoms with E-state index in [2.05, 4.69) is 26.0 Å². The first-order valence-electron chi connectivity index (χ1n) is 8.20. The fourth-order valence-corrected chi connectivity index (χ4v) is 3.24. The highest BCUT2D eigenvalue weighted by Gasteiger charge is 2.09. The molecule has 0 atom stereocenters. The van der Waals surface area contributed by atoms with Crippen LogP contribution >= 0.6 is 15.9 Å². The van der Waals surface area contributed by atoms with E-state index in [1.165, 1.54) is 17.0 Å². The van der Waals surface area contributed by atoms with Crippen LogP contribution in [0.25, 0.3) is 16.6 Å². The summed E-state index contributed by atoms with van der Waals surface area (Å²) in [4.78, 5) is 17.2. The van der Waals surface area contributed by atoms with Crippen LogP contribution in [0.15, 0.2) is 75.2 Å². The summed E-state index contributed by atoms with van der Waals surface area (Å²) >= 11 is 3.37. The summed E-state index contributed by atoms with van der Waals surface area (Å²) in [7, 11) is 0. The van der Waals surface area contributed by atoms with Crippen molar-refractivity contribution in [2.24, 2.45) is 5.10 Å². The maximum absolute atomic E-state index is 14.1. The van der Waals surface area contributed by atoms with Gasteiger partial charge in [0.2, 0.25) is 0 Å². The van der Waals surface area contributed by atoms with Gasteiger partial charge in [-0.05, 0) is 49.4 Å². The van der Waals surface area contributed by atoms with Crippen LogP contribution in [0, 0.1) is 12.7 Å². The number of fused-ring (bicyclic) bond motifs is 1. The number of aryl methyl sites for hydroxylation is 1. The summed E-state index contributed by atoms with van der Waals surface area (Å²) in [6.45, 7) is 1.72. The second-order valence-electron chi connectivity index (χ2n) is 5.94. The van der Waals surface area contributed by atoms with Crippen molar-refractivity contribution in [3.05, 3.63) is 93.0 Å². The zero-order valence-electron chi connectivity index (χ0n) is 14.3. The summed E-state index contributed by atoms with van der Waals surface area (Å²) in [6, 6.07) is 15.4. The fraction of sp³-hybridized carbons (Fsp3) is 0.0500. The molecular weight excluding hydrogens is 411 g/mol. The third kappa shape index (κ3) is 3.21. The number of benzene rings is 2. The number of hydrogen-bond acceptors (Lipinski definition) is 3. The molecule has 0 saturated heterocycles. The minimum atomic E-state index is -0.339. The fourth-order valence-electron chi connectivity index (χ4n) is 2.88. The van der Waals surface area contributed by atoms with E-state index in [-0.39, 0.29) is 11.4 Å². The zero-order chi connectivity index (χ0) is 19.0. The Kier molecular flexibility index (Phi) is 4.45. The second kappa shape index (κ2) is 6.92. The van der Waals surface area contributed by atoms with E-state index in [1.807, 2.05) is 6.07 Å². The lowest BCUT2D eigenvalue weighted by Crippen LogP contribution is -2.20. The van der Waals surface area contributed by atoms with Crippen molar-refractivity contribution in [2.45, 2.75) is 6.92 Å². The van der Waals surface area contributed by atoms with Gasteiger partial charge in [0, 0.05) is 10.7 Å². The van der Waals surface area contributed by atoms with Crippen LogP contribution in [0.4, 0.5) is 4.39 Å². The highest BCUT2D eigenvalue weighted by molar-refractivity contribution is 9.10. The molecule has 0 unspecified atom stereocenters. The van der Waals surface area contributed by atoms with E-state index in [0.29, 0.717) is 28.1 Å². The normalized spacial score (nSPS) is 11.5. The molecule has 2 heterocycles. The van der Waals surface area contributed by atoms with Gasteiger partial charge in [0.1, 0.15) is 11.6 Å². The lowest BCUT2D eigenvalue weighted by Gasteiger charge is -2.08. The molecule has 7 heteroatoms. The Balaban J connectivity index is 1.80. The predicted molar refractivity (Wildman–Crippen MR) is 107 cm³/mol. The van der Waals surface area contributed by atoms with Crippen LogP contribution in [0.5, 0.6) is 0 Å². The number of rotatable bonds is 3. The van der Waals surface area contributed by atoms with Crippen molar-refractivity contribution in [1.29, 1.82) is 0 Å². The quantitative estimate of drug-likeness (QED) is 0.460. The summed E-state index contributed by atoms with van der Waals surface area (Å²) in [5, 5.41) is 4.77. The van der Waals surface area contributed by atoms with Gasteiger partial charge in [0.15, 0.2) is 0 Å². The largest absolute Gasteiger partial charge is 0.313 e. The number of halogens is 2. The molecule has 0 fully saturated rings. The third-order valence-corrected chi connectivity index (χ3v) is 4.66. The number of aromatic nitrogens is 3. The highest BCUT2D eigenvalue weighted by Crippen LogP contribution is 2.17. The van der Waals surface area contributed by atoms with Gasteiger partial charge in [-0.2, -0.15) is 9.78 Å². The van der Waals surface area contributed by atoms with Crippen molar-refractivity contribution in [3.63, 3.8) is 0 Å². The molecule has 0 bridgehead atoms. The average molecular weight is 425 g/mol. The highest BCUT2D eigenvalue weighted by atomic mass is 79.9. The van der Waals surface area contributed by atoms with Crippen LogP contribution in [0.1, 0.15) is 11.5 Å². The van der Waals surface area contributed by atoms with Crippen LogP contribution in [-0.4, -0.2) is 20.4 Å². The molecule has 0 radical (unpaired) electrons. The minimum absolute atomic E-state index is 0.265. The van der Waals surface area contributed by atoms with Crippen molar-refractivity contribution in [2.75, 3.05) is 0 Å². The van der Waals surface area contributed by atoms with Gasteiger partial charge < -0.3 is 4.57 Å². The van der Waals surface area contributed by atoms with Gasteiger partial charge in [-0.3, -0.25) is 4.79 Å². The molecule has 0 spiro atoms. The van der Waals surface area contributed by atoms with E-state index in [4.69, 9.17) is 0 Å². The van der Waals surface area contributed by atoms with E-state index in [0.717, 1.165) is 4.47 Å².